The Morgan fingerprint density at radius 2 is 1.76 bits per heavy atom. The summed E-state index contributed by atoms with van der Waals surface area (Å²) < 4.78 is 33.3. The number of hydrogen-bond donors (Lipinski definition) is 1. The van der Waals surface area contributed by atoms with Gasteiger partial charge in [0.05, 0.1) is 29.4 Å². The van der Waals surface area contributed by atoms with Crippen molar-refractivity contribution in [3.63, 3.8) is 0 Å². The molecule has 11 nitrogen and oxygen atoms in total. The van der Waals surface area contributed by atoms with Crippen LogP contribution >= 0.6 is 0 Å². The number of hydrogen-bond acceptors (Lipinski definition) is 8. The van der Waals surface area contributed by atoms with E-state index in [-0.39, 0.29) is 55.4 Å². The fourth-order valence-corrected chi connectivity index (χ4v) is 7.36. The van der Waals surface area contributed by atoms with Gasteiger partial charge in [0, 0.05) is 37.3 Å². The van der Waals surface area contributed by atoms with E-state index < -0.39 is 38.9 Å². The van der Waals surface area contributed by atoms with Crippen LogP contribution in [0.1, 0.15) is 24.5 Å². The van der Waals surface area contributed by atoms with Gasteiger partial charge in [0.2, 0.25) is 10.0 Å². The molecule has 3 heterocycles. The summed E-state index contributed by atoms with van der Waals surface area (Å²) in [6.07, 6.45) is 0.483. The highest BCUT2D eigenvalue weighted by atomic mass is 32.2. The number of ketones is 1. The van der Waals surface area contributed by atoms with E-state index in [9.17, 15) is 27.9 Å². The summed E-state index contributed by atoms with van der Waals surface area (Å²) >= 11 is 0. The largest absolute Gasteiger partial charge is 0.507 e. The Morgan fingerprint density at radius 1 is 1.05 bits per heavy atom. The molecule has 1 N–H and O–H groups in total. The maximum atomic E-state index is 14.3. The summed E-state index contributed by atoms with van der Waals surface area (Å²) in [5.41, 5.74) is -1.24. The minimum atomic E-state index is -3.92. The number of anilines is 1. The number of ether oxygens (including phenoxy) is 1. The highest BCUT2D eigenvalue weighted by molar-refractivity contribution is 7.89. The second-order valence-electron chi connectivity index (χ2n) is 10.5. The molecule has 41 heavy (non-hydrogen) atoms. The van der Waals surface area contributed by atoms with Gasteiger partial charge < -0.3 is 24.5 Å². The van der Waals surface area contributed by atoms with Crippen molar-refractivity contribution >= 4 is 39.1 Å². The van der Waals surface area contributed by atoms with Crippen LogP contribution in [0.25, 0.3) is 5.76 Å². The van der Waals surface area contributed by atoms with Gasteiger partial charge in [0.15, 0.2) is 5.54 Å². The SMILES string of the molecule is CCN1C(=O)C2(/C(=C(\O)c3cccc(S(=O)(=O)N4CCOCC4)c3)C(=O)C(=O)N2CCCN(C)C)c2ccccc21. The van der Waals surface area contributed by atoms with Crippen LogP contribution in [0.15, 0.2) is 59.0 Å². The monoisotopic (exact) mass is 582 g/mol. The molecule has 2 aromatic carbocycles. The molecule has 2 saturated heterocycles. The van der Waals surface area contributed by atoms with Crippen molar-refractivity contribution < 1.29 is 32.6 Å². The van der Waals surface area contributed by atoms with Crippen molar-refractivity contribution in [3.05, 3.63) is 65.2 Å². The maximum absolute atomic E-state index is 14.3. The average molecular weight is 583 g/mol. The molecule has 1 unspecified atom stereocenters. The van der Waals surface area contributed by atoms with Gasteiger partial charge >= 0.3 is 0 Å². The predicted molar refractivity (Wildman–Crippen MR) is 152 cm³/mol. The first kappa shape index (κ1) is 28.9. The Balaban J connectivity index is 1.70. The molecule has 5 rings (SSSR count). The number of benzene rings is 2. The molecule has 12 heteroatoms. The first-order valence-corrected chi connectivity index (χ1v) is 15.0. The summed E-state index contributed by atoms with van der Waals surface area (Å²) in [6, 6.07) is 12.5. The van der Waals surface area contributed by atoms with E-state index in [2.05, 4.69) is 0 Å². The van der Waals surface area contributed by atoms with Crippen LogP contribution in [-0.2, 0) is 34.7 Å². The molecule has 0 aromatic heterocycles. The van der Waals surface area contributed by atoms with Crippen molar-refractivity contribution in [2.24, 2.45) is 0 Å². The number of rotatable bonds is 8. The van der Waals surface area contributed by atoms with Crippen molar-refractivity contribution in [3.8, 4) is 0 Å². The van der Waals surface area contributed by atoms with Gasteiger partial charge in [-0.1, -0.05) is 30.3 Å². The van der Waals surface area contributed by atoms with Crippen LogP contribution in [0.2, 0.25) is 0 Å². The maximum Gasteiger partial charge on any atom is 0.296 e. The van der Waals surface area contributed by atoms with E-state index in [1.807, 2.05) is 19.0 Å². The standard InChI is InChI=1S/C29H34N4O7S/c1-4-32-23-12-6-5-11-22(23)29(28(32)37)24(26(35)27(36)33(29)14-8-13-30(2)3)25(34)20-9-7-10-21(19-20)41(38,39)31-15-17-40-18-16-31/h5-7,9-12,19,34H,4,8,13-18H2,1-3H3/b25-24-. The number of aliphatic hydroxyl groups is 1. The minimum absolute atomic E-state index is 0.0187. The number of amides is 2. The van der Waals surface area contributed by atoms with Gasteiger partial charge in [-0.2, -0.15) is 4.31 Å². The van der Waals surface area contributed by atoms with Crippen molar-refractivity contribution in [1.29, 1.82) is 0 Å². The van der Waals surface area contributed by atoms with Gasteiger partial charge in [0.25, 0.3) is 17.6 Å². The molecule has 2 aromatic rings. The molecule has 0 radical (unpaired) electrons. The van der Waals surface area contributed by atoms with Crippen LogP contribution in [0, 0.1) is 0 Å². The van der Waals surface area contributed by atoms with Gasteiger partial charge in [-0.3, -0.25) is 14.4 Å². The topological polar surface area (TPSA) is 128 Å². The third kappa shape index (κ3) is 4.55. The lowest BCUT2D eigenvalue weighted by Crippen LogP contribution is -2.52. The first-order chi connectivity index (χ1) is 19.6. The van der Waals surface area contributed by atoms with E-state index in [4.69, 9.17) is 4.74 Å². The summed E-state index contributed by atoms with van der Waals surface area (Å²) in [4.78, 5) is 46.3. The van der Waals surface area contributed by atoms with E-state index in [1.54, 1.807) is 31.2 Å². The second-order valence-corrected chi connectivity index (χ2v) is 12.4. The van der Waals surface area contributed by atoms with Crippen molar-refractivity contribution in [1.82, 2.24) is 14.1 Å². The Labute approximate surface area is 239 Å². The number of Topliss-reactive ketones (excluding diaryl/α,β-unsaturated/α-hetero) is 1. The number of sulfonamides is 1. The number of carbonyl (C=O) groups excluding carboxylic acids is 3. The predicted octanol–water partition coefficient (Wildman–Crippen LogP) is 1.60. The third-order valence-corrected chi connectivity index (χ3v) is 9.72. The molecule has 218 valence electrons. The van der Waals surface area contributed by atoms with Crippen LogP contribution < -0.4 is 4.90 Å². The zero-order valence-electron chi connectivity index (χ0n) is 23.4. The number of nitrogens with zero attached hydrogens (tertiary/aromatic N) is 4. The number of para-hydroxylation sites is 1. The fourth-order valence-electron chi connectivity index (χ4n) is 5.91. The molecule has 3 aliphatic heterocycles. The van der Waals surface area contributed by atoms with E-state index in [1.165, 1.54) is 38.4 Å². The zero-order chi connectivity index (χ0) is 29.5. The van der Waals surface area contributed by atoms with Gasteiger partial charge in [-0.15, -0.1) is 0 Å². The van der Waals surface area contributed by atoms with Crippen molar-refractivity contribution in [2.75, 3.05) is 64.9 Å². The van der Waals surface area contributed by atoms with Crippen molar-refractivity contribution in [2.45, 2.75) is 23.8 Å². The summed E-state index contributed by atoms with van der Waals surface area (Å²) in [7, 11) is -0.148. The number of likely N-dealkylation sites (N-methyl/N-ethyl adjacent to an activating group) is 1. The molecule has 0 bridgehead atoms. The number of aliphatic hydroxyl groups excluding tert-OH is 1. The summed E-state index contributed by atoms with van der Waals surface area (Å²) in [6.45, 7) is 3.71. The molecule has 2 fully saturated rings. The Kier molecular flexibility index (Phi) is 7.77. The Morgan fingerprint density at radius 3 is 2.44 bits per heavy atom. The van der Waals surface area contributed by atoms with E-state index in [0.29, 0.717) is 24.2 Å². The number of likely N-dealkylation sites (tertiary alicyclic amines) is 1. The molecule has 2 amide bonds. The highest BCUT2D eigenvalue weighted by Crippen LogP contribution is 2.53. The lowest BCUT2D eigenvalue weighted by molar-refractivity contribution is -0.143. The molecule has 1 atom stereocenters. The first-order valence-electron chi connectivity index (χ1n) is 13.6. The van der Waals surface area contributed by atoms with Crippen LogP contribution in [0.3, 0.4) is 0 Å². The molecule has 0 aliphatic carbocycles. The summed E-state index contributed by atoms with van der Waals surface area (Å²) in [5, 5.41) is 11.7. The van der Waals surface area contributed by atoms with E-state index >= 15 is 0 Å². The molecule has 0 saturated carbocycles. The fraction of sp³-hybridized carbons (Fsp3) is 0.414. The summed E-state index contributed by atoms with van der Waals surface area (Å²) in [5.74, 6) is -2.99. The smallest absolute Gasteiger partial charge is 0.296 e. The normalized spacial score (nSPS) is 22.8. The average Bonchev–Trinajstić information content (AvgIpc) is 3.35. The number of morpholine rings is 1. The number of carbonyl (C=O) groups is 3. The molecular weight excluding hydrogens is 548 g/mol. The van der Waals surface area contributed by atoms with Gasteiger partial charge in [0.1, 0.15) is 5.76 Å². The van der Waals surface area contributed by atoms with Gasteiger partial charge in [-0.05, 0) is 52.2 Å². The Hall–Kier alpha value is -3.58. The molecule has 1 spiro atoms. The Bertz CT molecular complexity index is 1530. The van der Waals surface area contributed by atoms with Crippen LogP contribution in [-0.4, -0.2) is 105 Å². The molecular formula is C29H34N4O7S. The van der Waals surface area contributed by atoms with E-state index in [0.717, 1.165) is 0 Å². The van der Waals surface area contributed by atoms with Gasteiger partial charge in [-0.25, -0.2) is 8.42 Å². The van der Waals surface area contributed by atoms with Crippen LogP contribution in [0.5, 0.6) is 0 Å². The molecule has 3 aliphatic rings. The lowest BCUT2D eigenvalue weighted by Gasteiger charge is -2.34. The minimum Gasteiger partial charge on any atom is -0.507 e. The lowest BCUT2D eigenvalue weighted by atomic mass is 9.82. The third-order valence-electron chi connectivity index (χ3n) is 7.83. The highest BCUT2D eigenvalue weighted by Gasteiger charge is 2.66. The zero-order valence-corrected chi connectivity index (χ0v) is 24.2. The number of fused-ring (bicyclic) bond motifs is 2. The van der Waals surface area contributed by atoms with Crippen LogP contribution in [0.4, 0.5) is 5.69 Å². The quantitative estimate of drug-likeness (QED) is 0.283. The second kappa shape index (κ2) is 11.0.